The third kappa shape index (κ3) is 16.6. The number of anilines is 3. The summed E-state index contributed by atoms with van der Waals surface area (Å²) in [4.78, 5) is 63.6. The normalized spacial score (nSPS) is 12.4. The number of nitrogens with zero attached hydrogens (tertiary/aromatic N) is 3. The van der Waals surface area contributed by atoms with Crippen molar-refractivity contribution in [2.75, 3.05) is 73.7 Å². The molecule has 3 rings (SSSR count). The molecule has 0 aliphatic heterocycles. The van der Waals surface area contributed by atoms with Gasteiger partial charge in [-0.25, -0.2) is 4.79 Å². The lowest BCUT2D eigenvalue weighted by Gasteiger charge is -2.21. The standard InChI is InChI=1S/C37H63N13O4S/c1-3-5-21-44-36-48-32(40)31-33(49-36)50(37(54)47-31)24-26-10-12-27(13-11-26)45-35(53)29(46-34(52)28(39)25-55-23-4-2)14-15-30(51)43-22-9-20-42-18-7-6-17-41-19-8-16-38/h10-13,28-29,41-42H,3-9,14-25,38-39H2,1-2H3,(H,43,51)(H,45,53)(H,46,52)(H,47,54)(H3,40,44,48,49)/t28-,29-/m0/s1. The maximum absolute atomic E-state index is 13.5. The van der Waals surface area contributed by atoms with Gasteiger partial charge in [0.2, 0.25) is 23.7 Å². The number of carbonyl (C=O) groups is 3. The van der Waals surface area contributed by atoms with E-state index in [1.165, 1.54) is 4.57 Å². The first kappa shape index (κ1) is 45.2. The number of nitrogens with two attached hydrogens (primary N) is 3. The number of amides is 3. The highest BCUT2D eigenvalue weighted by Crippen LogP contribution is 2.19. The molecule has 3 aromatic rings. The van der Waals surface area contributed by atoms with Crippen molar-refractivity contribution in [2.24, 2.45) is 11.5 Å². The van der Waals surface area contributed by atoms with Crippen molar-refractivity contribution in [3.8, 4) is 0 Å². The number of aromatic amines is 1. The average Bonchev–Trinajstić information content (AvgIpc) is 3.49. The molecular weight excluding hydrogens is 723 g/mol. The number of thioether (sulfide) groups is 1. The van der Waals surface area contributed by atoms with Gasteiger partial charge in [0.15, 0.2) is 11.5 Å². The van der Waals surface area contributed by atoms with E-state index >= 15 is 0 Å². The Morgan fingerprint density at radius 3 is 2.29 bits per heavy atom. The van der Waals surface area contributed by atoms with E-state index in [4.69, 9.17) is 17.2 Å². The quantitative estimate of drug-likeness (QED) is 0.0448. The lowest BCUT2D eigenvalue weighted by Crippen LogP contribution is -2.51. The summed E-state index contributed by atoms with van der Waals surface area (Å²) in [6, 6.07) is 5.20. The van der Waals surface area contributed by atoms with Gasteiger partial charge in [-0.05, 0) is 101 Å². The minimum Gasteiger partial charge on any atom is -0.382 e. The van der Waals surface area contributed by atoms with Gasteiger partial charge >= 0.3 is 5.69 Å². The first-order chi connectivity index (χ1) is 26.7. The fourth-order valence-electron chi connectivity index (χ4n) is 5.52. The number of imidazole rings is 1. The Morgan fingerprint density at radius 1 is 0.891 bits per heavy atom. The monoisotopic (exact) mass is 785 g/mol. The molecule has 18 heteroatoms. The Morgan fingerprint density at radius 2 is 1.60 bits per heavy atom. The van der Waals surface area contributed by atoms with Crippen LogP contribution in [0, 0.1) is 0 Å². The Bertz CT molecular complexity index is 1650. The molecule has 2 aromatic heterocycles. The molecule has 0 fully saturated rings. The number of hydrogen-bond acceptors (Lipinski definition) is 13. The fourth-order valence-corrected chi connectivity index (χ4v) is 6.38. The lowest BCUT2D eigenvalue weighted by atomic mass is 10.1. The molecule has 0 saturated carbocycles. The molecule has 0 aliphatic rings. The predicted molar refractivity (Wildman–Crippen MR) is 223 cm³/mol. The molecule has 0 aliphatic carbocycles. The van der Waals surface area contributed by atoms with Crippen molar-refractivity contribution in [3.63, 3.8) is 0 Å². The third-order valence-corrected chi connectivity index (χ3v) is 9.96. The van der Waals surface area contributed by atoms with E-state index in [2.05, 4.69) is 60.7 Å². The molecular formula is C37H63N13O4S. The van der Waals surface area contributed by atoms with E-state index in [9.17, 15) is 19.2 Å². The van der Waals surface area contributed by atoms with Crippen LogP contribution in [0.5, 0.6) is 0 Å². The van der Waals surface area contributed by atoms with E-state index in [1.54, 1.807) is 36.0 Å². The Labute approximate surface area is 328 Å². The Kier molecular flexibility index (Phi) is 21.2. The second-order valence-corrected chi connectivity index (χ2v) is 14.6. The van der Waals surface area contributed by atoms with Crippen molar-refractivity contribution in [1.82, 2.24) is 40.8 Å². The van der Waals surface area contributed by atoms with Crippen LogP contribution in [0.1, 0.15) is 77.2 Å². The van der Waals surface area contributed by atoms with Gasteiger partial charge in [-0.2, -0.15) is 21.7 Å². The molecule has 0 unspecified atom stereocenters. The van der Waals surface area contributed by atoms with E-state index in [-0.39, 0.29) is 36.8 Å². The molecule has 1 aromatic carbocycles. The smallest absolute Gasteiger partial charge is 0.328 e. The van der Waals surface area contributed by atoms with E-state index in [0.29, 0.717) is 48.2 Å². The summed E-state index contributed by atoms with van der Waals surface area (Å²) in [5.74, 6) is 0.698. The zero-order chi connectivity index (χ0) is 39.8. The summed E-state index contributed by atoms with van der Waals surface area (Å²) < 4.78 is 1.48. The maximum atomic E-state index is 13.5. The van der Waals surface area contributed by atoms with Crippen LogP contribution in [0.25, 0.3) is 11.2 Å². The molecule has 3 amide bonds. The number of aromatic nitrogens is 4. The number of H-pyrrole nitrogens is 1. The van der Waals surface area contributed by atoms with E-state index in [1.807, 2.05) is 0 Å². The fraction of sp³-hybridized carbons (Fsp3) is 0.622. The summed E-state index contributed by atoms with van der Waals surface area (Å²) in [7, 11) is 0. The van der Waals surface area contributed by atoms with Crippen LogP contribution in [-0.4, -0.2) is 107 Å². The molecule has 2 atom stereocenters. The lowest BCUT2D eigenvalue weighted by molar-refractivity contribution is -0.128. The number of nitrogens with one attached hydrogen (secondary N) is 7. The molecule has 17 nitrogen and oxygen atoms in total. The van der Waals surface area contributed by atoms with Crippen molar-refractivity contribution in [3.05, 3.63) is 40.3 Å². The summed E-state index contributed by atoms with van der Waals surface area (Å²) in [5.41, 5.74) is 19.4. The first-order valence-corrected chi connectivity index (χ1v) is 20.7. The summed E-state index contributed by atoms with van der Waals surface area (Å²) >= 11 is 1.57. The minimum atomic E-state index is -0.985. The van der Waals surface area contributed by atoms with Gasteiger partial charge in [0, 0.05) is 31.0 Å². The van der Waals surface area contributed by atoms with Crippen LogP contribution in [-0.2, 0) is 20.9 Å². The van der Waals surface area contributed by atoms with Crippen LogP contribution in [0.4, 0.5) is 17.5 Å². The molecule has 2 heterocycles. The van der Waals surface area contributed by atoms with Gasteiger partial charge in [0.25, 0.3) is 0 Å². The minimum absolute atomic E-state index is 0.0466. The van der Waals surface area contributed by atoms with Gasteiger partial charge in [-0.15, -0.1) is 0 Å². The number of fused-ring (bicyclic) bond motifs is 1. The van der Waals surface area contributed by atoms with Crippen LogP contribution < -0.4 is 54.8 Å². The number of carbonyl (C=O) groups excluding carboxylic acids is 3. The average molecular weight is 786 g/mol. The van der Waals surface area contributed by atoms with E-state index < -0.39 is 23.9 Å². The van der Waals surface area contributed by atoms with Gasteiger partial charge in [-0.3, -0.25) is 19.0 Å². The highest BCUT2D eigenvalue weighted by molar-refractivity contribution is 7.99. The second kappa shape index (κ2) is 25.8. The maximum Gasteiger partial charge on any atom is 0.328 e. The van der Waals surface area contributed by atoms with Crippen molar-refractivity contribution < 1.29 is 14.4 Å². The Hall–Kier alpha value is -4.23. The van der Waals surface area contributed by atoms with Crippen molar-refractivity contribution >= 4 is 58.1 Å². The number of benzene rings is 1. The molecule has 0 radical (unpaired) electrons. The number of rotatable bonds is 29. The highest BCUT2D eigenvalue weighted by atomic mass is 32.2. The molecule has 0 bridgehead atoms. The molecule has 13 N–H and O–H groups in total. The summed E-state index contributed by atoms with van der Waals surface area (Å²) in [6.45, 7) is 9.85. The molecule has 55 heavy (non-hydrogen) atoms. The Balaban J connectivity index is 1.55. The van der Waals surface area contributed by atoms with Gasteiger partial charge in [0.1, 0.15) is 11.6 Å². The van der Waals surface area contributed by atoms with Gasteiger partial charge in [-0.1, -0.05) is 32.4 Å². The topological polar surface area (TPSA) is 265 Å². The summed E-state index contributed by atoms with van der Waals surface area (Å²) in [6.07, 6.45) is 6.96. The van der Waals surface area contributed by atoms with Crippen LogP contribution in [0.15, 0.2) is 29.1 Å². The largest absolute Gasteiger partial charge is 0.382 e. The number of nitrogen functional groups attached to an aromatic ring is 1. The summed E-state index contributed by atoms with van der Waals surface area (Å²) in [5, 5.41) is 18.4. The molecule has 0 spiro atoms. The van der Waals surface area contributed by atoms with Crippen molar-refractivity contribution in [1.29, 1.82) is 0 Å². The van der Waals surface area contributed by atoms with Crippen LogP contribution >= 0.6 is 11.8 Å². The highest BCUT2D eigenvalue weighted by Gasteiger charge is 2.25. The zero-order valence-corrected chi connectivity index (χ0v) is 33.3. The SMILES string of the molecule is CCCCNc1nc(N)c2[nH]c(=O)n(Cc3ccc(NC(=O)[C@H](CCC(=O)NCCCNCCCCNCCCN)NC(=O)[C@@H](N)CSCCC)cc3)c2n1. The van der Waals surface area contributed by atoms with Crippen LogP contribution in [0.2, 0.25) is 0 Å². The van der Waals surface area contributed by atoms with Crippen LogP contribution in [0.3, 0.4) is 0 Å². The zero-order valence-electron chi connectivity index (χ0n) is 32.5. The van der Waals surface area contributed by atoms with E-state index in [0.717, 1.165) is 82.4 Å². The van der Waals surface area contributed by atoms with Crippen molar-refractivity contribution in [2.45, 2.75) is 90.3 Å². The second-order valence-electron chi connectivity index (χ2n) is 13.4. The predicted octanol–water partition coefficient (Wildman–Crippen LogP) is 1.45. The third-order valence-electron chi connectivity index (χ3n) is 8.67. The number of unbranched alkanes of at least 4 members (excludes halogenated alkanes) is 2. The first-order valence-electron chi connectivity index (χ1n) is 19.6. The molecule has 306 valence electrons. The molecule has 0 saturated heterocycles. The van der Waals surface area contributed by atoms with Gasteiger partial charge in [0.05, 0.1) is 12.6 Å². The van der Waals surface area contributed by atoms with Gasteiger partial charge < -0.3 is 54.1 Å². The number of hydrogen-bond donors (Lipinski definition) is 10.